The molecular formula is C13H13BrN2O2S. The summed E-state index contributed by atoms with van der Waals surface area (Å²) in [6.07, 6.45) is 0. The lowest BCUT2D eigenvalue weighted by atomic mass is 10.1. The van der Waals surface area contributed by atoms with Crippen molar-refractivity contribution in [2.24, 2.45) is 0 Å². The molecule has 19 heavy (non-hydrogen) atoms. The number of halogens is 1. The number of fused-ring (bicyclic) bond motifs is 1. The lowest BCUT2D eigenvalue weighted by Crippen LogP contribution is -2.25. The van der Waals surface area contributed by atoms with Gasteiger partial charge in [-0.25, -0.2) is 13.1 Å². The minimum Gasteiger partial charge on any atom is -0.398 e. The molecule has 0 amide bonds. The van der Waals surface area contributed by atoms with Gasteiger partial charge in [0, 0.05) is 27.5 Å². The van der Waals surface area contributed by atoms with Crippen LogP contribution in [-0.4, -0.2) is 15.0 Å². The average molecular weight is 341 g/mol. The number of sulfonamides is 1. The molecule has 0 heterocycles. The first-order chi connectivity index (χ1) is 8.92. The van der Waals surface area contributed by atoms with Crippen LogP contribution in [0.25, 0.3) is 10.8 Å². The van der Waals surface area contributed by atoms with Crippen molar-refractivity contribution >= 4 is 42.4 Å². The Bertz CT molecular complexity index is 741. The molecule has 0 radical (unpaired) electrons. The van der Waals surface area contributed by atoms with E-state index in [4.69, 9.17) is 5.73 Å². The fraction of sp³-hybridized carbons (Fsp3) is 0.0769. The van der Waals surface area contributed by atoms with Crippen LogP contribution in [0.1, 0.15) is 0 Å². The van der Waals surface area contributed by atoms with Crippen LogP contribution in [0.15, 0.2) is 52.4 Å². The molecule has 6 heteroatoms. The standard InChI is InChI=1S/C13H13BrN2O2S/c1-9(14)8-16-19(17,18)13-7-6-12(15)10-4-2-3-5-11(10)13/h2-7,16H,1,8,15H2. The van der Waals surface area contributed by atoms with E-state index in [0.29, 0.717) is 15.6 Å². The molecule has 0 aliphatic heterocycles. The number of nitrogens with two attached hydrogens (primary N) is 1. The Morgan fingerprint density at radius 3 is 2.47 bits per heavy atom. The van der Waals surface area contributed by atoms with Crippen LogP contribution < -0.4 is 10.5 Å². The fourth-order valence-corrected chi connectivity index (χ4v) is 3.34. The highest BCUT2D eigenvalue weighted by Crippen LogP contribution is 2.27. The summed E-state index contributed by atoms with van der Waals surface area (Å²) >= 11 is 3.12. The summed E-state index contributed by atoms with van der Waals surface area (Å²) in [5.74, 6) is 0. The zero-order valence-electron chi connectivity index (χ0n) is 10.1. The molecule has 2 aromatic carbocycles. The van der Waals surface area contributed by atoms with E-state index in [1.54, 1.807) is 24.3 Å². The van der Waals surface area contributed by atoms with Gasteiger partial charge >= 0.3 is 0 Å². The topological polar surface area (TPSA) is 72.2 Å². The number of anilines is 1. The van der Waals surface area contributed by atoms with Crippen LogP contribution in [0.2, 0.25) is 0 Å². The second-order valence-electron chi connectivity index (χ2n) is 4.04. The third-order valence-corrected chi connectivity index (χ3v) is 4.40. The van der Waals surface area contributed by atoms with E-state index in [2.05, 4.69) is 27.2 Å². The molecule has 0 aliphatic carbocycles. The van der Waals surface area contributed by atoms with Crippen LogP contribution in [-0.2, 0) is 10.0 Å². The molecule has 0 saturated heterocycles. The number of nitrogens with one attached hydrogen (secondary N) is 1. The highest BCUT2D eigenvalue weighted by molar-refractivity contribution is 9.11. The van der Waals surface area contributed by atoms with Crippen molar-refractivity contribution in [3.63, 3.8) is 0 Å². The summed E-state index contributed by atoms with van der Waals surface area (Å²) < 4.78 is 27.5. The predicted molar refractivity (Wildman–Crippen MR) is 81.6 cm³/mol. The second-order valence-corrected chi connectivity index (χ2v) is 6.90. The third kappa shape index (κ3) is 2.97. The van der Waals surface area contributed by atoms with Crippen molar-refractivity contribution in [2.75, 3.05) is 12.3 Å². The molecule has 4 nitrogen and oxygen atoms in total. The van der Waals surface area contributed by atoms with E-state index in [1.807, 2.05) is 6.07 Å². The summed E-state index contributed by atoms with van der Waals surface area (Å²) in [4.78, 5) is 0.214. The first kappa shape index (κ1) is 14.0. The van der Waals surface area contributed by atoms with E-state index >= 15 is 0 Å². The van der Waals surface area contributed by atoms with Gasteiger partial charge in [-0.2, -0.15) is 0 Å². The Morgan fingerprint density at radius 1 is 1.21 bits per heavy atom. The van der Waals surface area contributed by atoms with Crippen LogP contribution in [0, 0.1) is 0 Å². The quantitative estimate of drug-likeness (QED) is 0.840. The predicted octanol–water partition coefficient (Wildman–Crippen LogP) is 2.61. The summed E-state index contributed by atoms with van der Waals surface area (Å²) in [5, 5.41) is 1.33. The molecule has 3 N–H and O–H groups in total. The molecule has 100 valence electrons. The van der Waals surface area contributed by atoms with E-state index in [1.165, 1.54) is 6.07 Å². The molecule has 0 saturated carbocycles. The van der Waals surface area contributed by atoms with Gasteiger partial charge < -0.3 is 5.73 Å². The highest BCUT2D eigenvalue weighted by atomic mass is 79.9. The third-order valence-electron chi connectivity index (χ3n) is 2.66. The molecule has 0 fully saturated rings. The van der Waals surface area contributed by atoms with Crippen LogP contribution in [0.4, 0.5) is 5.69 Å². The van der Waals surface area contributed by atoms with Gasteiger partial charge in [0.2, 0.25) is 10.0 Å². The van der Waals surface area contributed by atoms with Crippen LogP contribution >= 0.6 is 15.9 Å². The summed E-state index contributed by atoms with van der Waals surface area (Å²) in [5.41, 5.74) is 6.41. The second kappa shape index (κ2) is 5.32. The van der Waals surface area contributed by atoms with Crippen LogP contribution in [0.5, 0.6) is 0 Å². The maximum Gasteiger partial charge on any atom is 0.241 e. The number of nitrogen functional groups attached to an aromatic ring is 1. The Morgan fingerprint density at radius 2 is 1.84 bits per heavy atom. The molecule has 2 aromatic rings. The van der Waals surface area contributed by atoms with Crippen molar-refractivity contribution < 1.29 is 8.42 Å². The van der Waals surface area contributed by atoms with Crippen molar-refractivity contribution in [1.29, 1.82) is 0 Å². The van der Waals surface area contributed by atoms with Crippen molar-refractivity contribution in [3.8, 4) is 0 Å². The van der Waals surface area contributed by atoms with Crippen molar-refractivity contribution in [2.45, 2.75) is 4.90 Å². The minimum atomic E-state index is -3.60. The van der Waals surface area contributed by atoms with Crippen LogP contribution in [0.3, 0.4) is 0 Å². The summed E-state index contributed by atoms with van der Waals surface area (Å²) in [6, 6.07) is 10.3. The van der Waals surface area contributed by atoms with E-state index in [0.717, 1.165) is 5.39 Å². The smallest absolute Gasteiger partial charge is 0.241 e. The molecule has 0 unspecified atom stereocenters. The maximum atomic E-state index is 12.2. The Kier molecular flexibility index (Phi) is 3.93. The summed E-state index contributed by atoms with van der Waals surface area (Å²) in [7, 11) is -3.60. The number of hydrogen-bond acceptors (Lipinski definition) is 3. The Balaban J connectivity index is 2.57. The highest BCUT2D eigenvalue weighted by Gasteiger charge is 2.17. The van der Waals surface area contributed by atoms with E-state index < -0.39 is 10.0 Å². The number of hydrogen-bond donors (Lipinski definition) is 2. The van der Waals surface area contributed by atoms with Gasteiger partial charge in [-0.15, -0.1) is 0 Å². The average Bonchev–Trinajstić information content (AvgIpc) is 2.37. The summed E-state index contributed by atoms with van der Waals surface area (Å²) in [6.45, 7) is 3.74. The largest absolute Gasteiger partial charge is 0.398 e. The SMILES string of the molecule is C=C(Br)CNS(=O)(=O)c1ccc(N)c2ccccc12. The van der Waals surface area contributed by atoms with Gasteiger partial charge in [0.1, 0.15) is 0 Å². The van der Waals surface area contributed by atoms with Gasteiger partial charge in [0.05, 0.1) is 4.90 Å². The van der Waals surface area contributed by atoms with Gasteiger partial charge in [0.25, 0.3) is 0 Å². The Labute approximate surface area is 120 Å². The zero-order chi connectivity index (χ0) is 14.0. The Hall–Kier alpha value is -1.37. The van der Waals surface area contributed by atoms with Gasteiger partial charge in [-0.3, -0.25) is 0 Å². The molecule has 0 bridgehead atoms. The molecule has 0 atom stereocenters. The van der Waals surface area contributed by atoms with E-state index in [-0.39, 0.29) is 11.4 Å². The minimum absolute atomic E-state index is 0.140. The molecule has 0 aromatic heterocycles. The maximum absolute atomic E-state index is 12.2. The molecule has 0 aliphatic rings. The first-order valence-corrected chi connectivity index (χ1v) is 7.79. The van der Waals surface area contributed by atoms with Crippen molar-refractivity contribution in [1.82, 2.24) is 4.72 Å². The molecular weight excluding hydrogens is 328 g/mol. The first-order valence-electron chi connectivity index (χ1n) is 5.52. The lowest BCUT2D eigenvalue weighted by Gasteiger charge is -2.10. The fourth-order valence-electron chi connectivity index (χ4n) is 1.78. The number of benzene rings is 2. The lowest BCUT2D eigenvalue weighted by molar-refractivity contribution is 0.586. The zero-order valence-corrected chi connectivity index (χ0v) is 12.5. The van der Waals surface area contributed by atoms with Gasteiger partial charge in [-0.05, 0) is 12.1 Å². The van der Waals surface area contributed by atoms with E-state index in [9.17, 15) is 8.42 Å². The normalized spacial score (nSPS) is 11.6. The number of rotatable bonds is 4. The van der Waals surface area contributed by atoms with Gasteiger partial charge in [-0.1, -0.05) is 46.8 Å². The molecule has 2 rings (SSSR count). The monoisotopic (exact) mass is 340 g/mol. The van der Waals surface area contributed by atoms with Gasteiger partial charge in [0.15, 0.2) is 0 Å². The van der Waals surface area contributed by atoms with Crippen molar-refractivity contribution in [3.05, 3.63) is 47.5 Å². The molecule has 0 spiro atoms.